The molecule has 0 spiro atoms. The van der Waals surface area contributed by atoms with Gasteiger partial charge in [-0.2, -0.15) is 0 Å². The summed E-state index contributed by atoms with van der Waals surface area (Å²) >= 11 is 4.19. The van der Waals surface area contributed by atoms with Crippen molar-refractivity contribution in [2.75, 3.05) is 0 Å². The molecule has 1 aromatic heterocycles. The Balaban J connectivity index is 2.16. The predicted molar refractivity (Wildman–Crippen MR) is 64.4 cm³/mol. The first kappa shape index (κ1) is 9.89. The van der Waals surface area contributed by atoms with Crippen LogP contribution in [-0.2, 0) is 0 Å². The predicted octanol–water partition coefficient (Wildman–Crippen LogP) is 2.66. The van der Waals surface area contributed by atoms with E-state index in [0.29, 0.717) is 6.04 Å². The van der Waals surface area contributed by atoms with Crippen molar-refractivity contribution in [3.8, 4) is 0 Å². The average molecular weight is 308 g/mol. The fraction of sp³-hybridized carbons (Fsp3) is 0.556. The second kappa shape index (κ2) is 4.25. The second-order valence-electron chi connectivity index (χ2n) is 3.47. The maximum atomic E-state index is 5.60. The van der Waals surface area contributed by atoms with Crippen molar-refractivity contribution < 1.29 is 0 Å². The van der Waals surface area contributed by atoms with Crippen molar-refractivity contribution in [2.24, 2.45) is 11.8 Å². The molecule has 1 unspecified atom stereocenters. The van der Waals surface area contributed by atoms with Gasteiger partial charge in [0.05, 0.1) is 6.04 Å². The Morgan fingerprint density at radius 1 is 1.62 bits per heavy atom. The summed E-state index contributed by atoms with van der Waals surface area (Å²) in [7, 11) is 0. The number of nitrogens with one attached hydrogen (secondary N) is 1. The van der Waals surface area contributed by atoms with Gasteiger partial charge in [0.15, 0.2) is 0 Å². The lowest BCUT2D eigenvalue weighted by molar-refractivity contribution is 0.234. The van der Waals surface area contributed by atoms with Crippen LogP contribution in [0.3, 0.4) is 0 Å². The second-order valence-corrected chi connectivity index (χ2v) is 5.58. The lowest BCUT2D eigenvalue weighted by atomic mass is 9.79. The summed E-state index contributed by atoms with van der Waals surface area (Å²) in [5.74, 6) is 6.36. The lowest BCUT2D eigenvalue weighted by Gasteiger charge is -2.32. The molecule has 2 nitrogen and oxygen atoms in total. The highest BCUT2D eigenvalue weighted by Gasteiger charge is 2.29. The van der Waals surface area contributed by atoms with Crippen LogP contribution in [0.1, 0.15) is 30.2 Å². The van der Waals surface area contributed by atoms with Gasteiger partial charge in [-0.25, -0.2) is 0 Å². The molecule has 1 aliphatic rings. The summed E-state index contributed by atoms with van der Waals surface area (Å²) in [6.07, 6.45) is 4.01. The molecule has 72 valence electrons. The van der Waals surface area contributed by atoms with Crippen molar-refractivity contribution >= 4 is 33.9 Å². The monoisotopic (exact) mass is 308 g/mol. The smallest absolute Gasteiger partial charge is 0.0592 e. The van der Waals surface area contributed by atoms with E-state index in [1.54, 1.807) is 0 Å². The summed E-state index contributed by atoms with van der Waals surface area (Å²) < 4.78 is 1.34. The molecule has 13 heavy (non-hydrogen) atoms. The molecule has 0 bridgehead atoms. The average Bonchev–Trinajstić information content (AvgIpc) is 2.43. The molecule has 0 saturated heterocycles. The highest BCUT2D eigenvalue weighted by molar-refractivity contribution is 14.1. The van der Waals surface area contributed by atoms with Gasteiger partial charge in [0.1, 0.15) is 0 Å². The van der Waals surface area contributed by atoms with E-state index >= 15 is 0 Å². The highest BCUT2D eigenvalue weighted by Crippen LogP contribution is 2.40. The minimum atomic E-state index is 0.389. The maximum Gasteiger partial charge on any atom is 0.0592 e. The van der Waals surface area contributed by atoms with Crippen LogP contribution >= 0.6 is 33.9 Å². The van der Waals surface area contributed by atoms with Gasteiger partial charge in [0.2, 0.25) is 0 Å². The zero-order chi connectivity index (χ0) is 9.26. The Morgan fingerprint density at radius 3 is 2.77 bits per heavy atom. The first-order valence-electron chi connectivity index (χ1n) is 4.52. The number of hydrogen-bond acceptors (Lipinski definition) is 3. The number of thiophene rings is 1. The standard InChI is InChI=1S/C9H13IN2S/c10-7-4-5-13-9(7)8(12-11)6-2-1-3-6/h4-6,8,12H,1-3,11H2. The number of halogens is 1. The first-order valence-corrected chi connectivity index (χ1v) is 6.48. The molecule has 0 aromatic carbocycles. The molecule has 4 heteroatoms. The lowest BCUT2D eigenvalue weighted by Crippen LogP contribution is -2.36. The molecule has 0 amide bonds. The van der Waals surface area contributed by atoms with E-state index in [1.165, 1.54) is 27.7 Å². The van der Waals surface area contributed by atoms with Crippen LogP contribution in [0, 0.1) is 9.49 Å². The quantitative estimate of drug-likeness (QED) is 0.512. The van der Waals surface area contributed by atoms with Crippen LogP contribution in [0.5, 0.6) is 0 Å². The molecule has 1 atom stereocenters. The van der Waals surface area contributed by atoms with Gasteiger partial charge in [-0.1, -0.05) is 6.42 Å². The number of hydrazine groups is 1. The summed E-state index contributed by atoms with van der Waals surface area (Å²) in [6.45, 7) is 0. The van der Waals surface area contributed by atoms with Crippen molar-refractivity contribution in [3.05, 3.63) is 19.9 Å². The molecule has 1 fully saturated rings. The van der Waals surface area contributed by atoms with E-state index in [4.69, 9.17) is 5.84 Å². The summed E-state index contributed by atoms with van der Waals surface area (Å²) in [5, 5.41) is 2.14. The number of nitrogens with two attached hydrogens (primary N) is 1. The van der Waals surface area contributed by atoms with E-state index in [9.17, 15) is 0 Å². The van der Waals surface area contributed by atoms with Crippen LogP contribution < -0.4 is 11.3 Å². The van der Waals surface area contributed by atoms with E-state index < -0.39 is 0 Å². The highest BCUT2D eigenvalue weighted by atomic mass is 127. The number of hydrogen-bond donors (Lipinski definition) is 2. The fourth-order valence-corrected chi connectivity index (χ4v) is 3.81. The Bertz CT molecular complexity index is 283. The normalized spacial score (nSPS) is 19.8. The van der Waals surface area contributed by atoms with Crippen LogP contribution in [0.25, 0.3) is 0 Å². The molecule has 1 aromatic rings. The van der Waals surface area contributed by atoms with Gasteiger partial charge in [-0.15, -0.1) is 11.3 Å². The molecule has 3 N–H and O–H groups in total. The Morgan fingerprint density at radius 2 is 2.38 bits per heavy atom. The third kappa shape index (κ3) is 1.91. The Hall–Kier alpha value is 0.350. The zero-order valence-electron chi connectivity index (χ0n) is 7.29. The summed E-state index contributed by atoms with van der Waals surface area (Å²) in [4.78, 5) is 1.41. The molecule has 1 heterocycles. The zero-order valence-corrected chi connectivity index (χ0v) is 10.3. The summed E-state index contributed by atoms with van der Waals surface area (Å²) in [5.41, 5.74) is 2.95. The van der Waals surface area contributed by atoms with Crippen LogP contribution in [0.4, 0.5) is 0 Å². The van der Waals surface area contributed by atoms with Crippen molar-refractivity contribution in [3.63, 3.8) is 0 Å². The van der Waals surface area contributed by atoms with Gasteiger partial charge in [-0.3, -0.25) is 11.3 Å². The maximum absolute atomic E-state index is 5.60. The van der Waals surface area contributed by atoms with E-state index in [2.05, 4.69) is 39.5 Å². The summed E-state index contributed by atoms with van der Waals surface area (Å²) in [6, 6.07) is 2.55. The minimum absolute atomic E-state index is 0.389. The van der Waals surface area contributed by atoms with Crippen molar-refractivity contribution in [1.29, 1.82) is 0 Å². The SMILES string of the molecule is NNC(c1sccc1I)C1CCC1. The molecule has 0 aliphatic heterocycles. The first-order chi connectivity index (χ1) is 6.33. The van der Waals surface area contributed by atoms with Gasteiger partial charge in [0.25, 0.3) is 0 Å². The minimum Gasteiger partial charge on any atom is -0.271 e. The topological polar surface area (TPSA) is 38.0 Å². The molecule has 0 radical (unpaired) electrons. The van der Waals surface area contributed by atoms with E-state index in [-0.39, 0.29) is 0 Å². The van der Waals surface area contributed by atoms with Crippen LogP contribution in [0.15, 0.2) is 11.4 Å². The van der Waals surface area contributed by atoms with Crippen LogP contribution in [0.2, 0.25) is 0 Å². The van der Waals surface area contributed by atoms with Crippen molar-refractivity contribution in [2.45, 2.75) is 25.3 Å². The third-order valence-electron chi connectivity index (χ3n) is 2.73. The molecular weight excluding hydrogens is 295 g/mol. The molecular formula is C9H13IN2S. The van der Waals surface area contributed by atoms with Crippen LogP contribution in [-0.4, -0.2) is 0 Å². The van der Waals surface area contributed by atoms with Gasteiger partial charge >= 0.3 is 0 Å². The Labute approximate surface area is 96.0 Å². The largest absolute Gasteiger partial charge is 0.271 e. The molecule has 1 saturated carbocycles. The molecule has 1 aliphatic carbocycles. The molecule has 2 rings (SSSR count). The van der Waals surface area contributed by atoms with Gasteiger partial charge in [-0.05, 0) is 52.8 Å². The number of rotatable bonds is 3. The fourth-order valence-electron chi connectivity index (χ4n) is 1.73. The van der Waals surface area contributed by atoms with E-state index in [1.807, 2.05) is 11.3 Å². The van der Waals surface area contributed by atoms with Gasteiger partial charge in [0, 0.05) is 8.45 Å². The third-order valence-corrected chi connectivity index (χ3v) is 5.03. The van der Waals surface area contributed by atoms with E-state index in [0.717, 1.165) is 5.92 Å². The van der Waals surface area contributed by atoms with Gasteiger partial charge < -0.3 is 0 Å². The Kier molecular flexibility index (Phi) is 3.23. The van der Waals surface area contributed by atoms with Crippen molar-refractivity contribution in [1.82, 2.24) is 5.43 Å².